The van der Waals surface area contributed by atoms with Gasteiger partial charge in [-0.2, -0.15) is 0 Å². The van der Waals surface area contributed by atoms with Crippen LogP contribution in [0.1, 0.15) is 12.8 Å². The maximum absolute atomic E-state index is 6.06. The van der Waals surface area contributed by atoms with E-state index in [-0.39, 0.29) is 0 Å². The molecule has 2 aromatic heterocycles. The van der Waals surface area contributed by atoms with Crippen LogP contribution in [-0.2, 0) is 6.54 Å². The van der Waals surface area contributed by atoms with Crippen molar-refractivity contribution in [3.8, 4) is 5.88 Å². The van der Waals surface area contributed by atoms with Crippen LogP contribution in [0.4, 0.5) is 0 Å². The molecule has 6 nitrogen and oxygen atoms in total. The number of rotatable bonds is 6. The van der Waals surface area contributed by atoms with Gasteiger partial charge in [-0.25, -0.2) is 4.98 Å². The lowest BCUT2D eigenvalue weighted by molar-refractivity contribution is 0.124. The van der Waals surface area contributed by atoms with Crippen LogP contribution in [0, 0.1) is 5.92 Å². The molecule has 22 heavy (non-hydrogen) atoms. The van der Waals surface area contributed by atoms with Crippen molar-refractivity contribution in [1.29, 1.82) is 0 Å². The third-order valence-electron chi connectivity index (χ3n) is 3.90. The summed E-state index contributed by atoms with van der Waals surface area (Å²) in [6.45, 7) is 4.70. The molecule has 0 N–H and O–H groups in total. The van der Waals surface area contributed by atoms with Crippen LogP contribution in [0.5, 0.6) is 5.88 Å². The molecule has 1 saturated heterocycles. The monoisotopic (exact) mass is 321 g/mol. The van der Waals surface area contributed by atoms with Crippen LogP contribution in [0.25, 0.3) is 0 Å². The molecule has 118 valence electrons. The lowest BCUT2D eigenvalue weighted by atomic mass is 9.99. The smallest absolute Gasteiger partial charge is 0.232 e. The SMILES string of the molecule is Clc1cccnc1OCC1CCCN(CCn2ccnn2)C1. The zero-order valence-corrected chi connectivity index (χ0v) is 13.2. The molecule has 1 aliphatic heterocycles. The summed E-state index contributed by atoms with van der Waals surface area (Å²) in [6, 6.07) is 3.61. The number of pyridine rings is 1. The van der Waals surface area contributed by atoms with Crippen molar-refractivity contribution in [2.75, 3.05) is 26.2 Å². The number of piperidine rings is 1. The molecule has 1 unspecified atom stereocenters. The molecular weight excluding hydrogens is 302 g/mol. The fourth-order valence-electron chi connectivity index (χ4n) is 2.76. The third-order valence-corrected chi connectivity index (χ3v) is 4.19. The van der Waals surface area contributed by atoms with E-state index in [0.29, 0.717) is 23.4 Å². The van der Waals surface area contributed by atoms with E-state index >= 15 is 0 Å². The molecule has 0 spiro atoms. The number of hydrogen-bond donors (Lipinski definition) is 0. The number of ether oxygens (including phenoxy) is 1. The van der Waals surface area contributed by atoms with Gasteiger partial charge < -0.3 is 9.64 Å². The minimum Gasteiger partial charge on any atom is -0.476 e. The van der Waals surface area contributed by atoms with Crippen molar-refractivity contribution in [2.45, 2.75) is 19.4 Å². The number of nitrogens with zero attached hydrogens (tertiary/aromatic N) is 5. The van der Waals surface area contributed by atoms with Gasteiger partial charge in [-0.3, -0.25) is 4.68 Å². The van der Waals surface area contributed by atoms with E-state index in [0.717, 1.165) is 26.2 Å². The quantitative estimate of drug-likeness (QED) is 0.815. The molecule has 1 atom stereocenters. The van der Waals surface area contributed by atoms with Gasteiger partial charge in [-0.05, 0) is 31.5 Å². The van der Waals surface area contributed by atoms with Crippen molar-refractivity contribution in [3.05, 3.63) is 35.7 Å². The maximum Gasteiger partial charge on any atom is 0.232 e. The molecule has 1 aliphatic rings. The Bertz CT molecular complexity index is 577. The minimum atomic E-state index is 0.516. The van der Waals surface area contributed by atoms with Crippen molar-refractivity contribution >= 4 is 11.6 Å². The molecule has 0 aliphatic carbocycles. The van der Waals surface area contributed by atoms with Gasteiger partial charge in [-0.15, -0.1) is 5.10 Å². The molecule has 0 radical (unpaired) electrons. The Hall–Kier alpha value is -1.66. The van der Waals surface area contributed by atoms with Gasteiger partial charge in [0, 0.05) is 31.4 Å². The summed E-state index contributed by atoms with van der Waals surface area (Å²) < 4.78 is 7.65. The molecule has 0 amide bonds. The first-order chi connectivity index (χ1) is 10.8. The second kappa shape index (κ2) is 7.56. The van der Waals surface area contributed by atoms with Crippen molar-refractivity contribution in [3.63, 3.8) is 0 Å². The van der Waals surface area contributed by atoms with E-state index in [1.807, 2.05) is 16.9 Å². The molecule has 0 aromatic carbocycles. The van der Waals surface area contributed by atoms with Crippen LogP contribution in [0.3, 0.4) is 0 Å². The Kier molecular flexibility index (Phi) is 5.24. The van der Waals surface area contributed by atoms with Crippen LogP contribution in [0.2, 0.25) is 5.02 Å². The topological polar surface area (TPSA) is 56.1 Å². The standard InChI is InChI=1S/C15H20ClN5O/c16-14-4-1-5-17-15(14)22-12-13-3-2-7-20(11-13)9-10-21-8-6-18-19-21/h1,4-6,8,13H,2-3,7,9-12H2. The lowest BCUT2D eigenvalue weighted by Gasteiger charge is -2.32. The van der Waals surface area contributed by atoms with Crippen molar-refractivity contribution < 1.29 is 4.74 Å². The molecular formula is C15H20ClN5O. The predicted molar refractivity (Wildman–Crippen MR) is 83.9 cm³/mol. The van der Waals surface area contributed by atoms with Crippen molar-refractivity contribution in [1.82, 2.24) is 24.9 Å². The molecule has 3 heterocycles. The van der Waals surface area contributed by atoms with Gasteiger partial charge in [-0.1, -0.05) is 16.8 Å². The normalized spacial score (nSPS) is 19.2. The van der Waals surface area contributed by atoms with E-state index in [9.17, 15) is 0 Å². The molecule has 2 aromatic rings. The second-order valence-corrected chi connectivity index (χ2v) is 5.98. The van der Waals surface area contributed by atoms with Gasteiger partial charge in [0.05, 0.1) is 19.3 Å². The van der Waals surface area contributed by atoms with E-state index < -0.39 is 0 Å². The summed E-state index contributed by atoms with van der Waals surface area (Å²) in [5.41, 5.74) is 0. The summed E-state index contributed by atoms with van der Waals surface area (Å²) >= 11 is 6.06. The van der Waals surface area contributed by atoms with Crippen LogP contribution in [-0.4, -0.2) is 51.1 Å². The number of hydrogen-bond acceptors (Lipinski definition) is 5. The Labute approximate surface area is 135 Å². The van der Waals surface area contributed by atoms with Gasteiger partial charge in [0.2, 0.25) is 5.88 Å². The number of halogens is 1. The molecule has 3 rings (SSSR count). The molecule has 1 fully saturated rings. The third kappa shape index (κ3) is 4.18. The van der Waals surface area contributed by atoms with Gasteiger partial charge in [0.1, 0.15) is 5.02 Å². The average Bonchev–Trinajstić information content (AvgIpc) is 3.06. The highest BCUT2D eigenvalue weighted by Crippen LogP contribution is 2.22. The summed E-state index contributed by atoms with van der Waals surface area (Å²) in [5, 5.41) is 8.40. The van der Waals surface area contributed by atoms with Crippen molar-refractivity contribution in [2.24, 2.45) is 5.92 Å². The fraction of sp³-hybridized carbons (Fsp3) is 0.533. The summed E-state index contributed by atoms with van der Waals surface area (Å²) in [6.07, 6.45) is 7.69. The summed E-state index contributed by atoms with van der Waals surface area (Å²) in [4.78, 5) is 6.62. The molecule has 0 saturated carbocycles. The van der Waals surface area contributed by atoms with Gasteiger partial charge in [0.15, 0.2) is 0 Å². The van der Waals surface area contributed by atoms with E-state index in [1.165, 1.54) is 12.8 Å². The predicted octanol–water partition coefficient (Wildman–Crippen LogP) is 2.12. The highest BCUT2D eigenvalue weighted by molar-refractivity contribution is 6.31. The van der Waals surface area contributed by atoms with Gasteiger partial charge >= 0.3 is 0 Å². The van der Waals surface area contributed by atoms with E-state index in [4.69, 9.17) is 16.3 Å². The first kappa shape index (κ1) is 15.2. The minimum absolute atomic E-state index is 0.516. The summed E-state index contributed by atoms with van der Waals surface area (Å²) in [5.74, 6) is 1.05. The Morgan fingerprint density at radius 3 is 3.09 bits per heavy atom. The maximum atomic E-state index is 6.06. The zero-order chi connectivity index (χ0) is 15.2. The zero-order valence-electron chi connectivity index (χ0n) is 12.4. The number of aromatic nitrogens is 4. The lowest BCUT2D eigenvalue weighted by Crippen LogP contribution is -2.39. The average molecular weight is 322 g/mol. The highest BCUT2D eigenvalue weighted by Gasteiger charge is 2.20. The highest BCUT2D eigenvalue weighted by atomic mass is 35.5. The first-order valence-corrected chi connectivity index (χ1v) is 7.99. The van der Waals surface area contributed by atoms with Crippen LogP contribution >= 0.6 is 11.6 Å². The fourth-order valence-corrected chi connectivity index (χ4v) is 2.94. The van der Waals surface area contributed by atoms with Crippen LogP contribution in [0.15, 0.2) is 30.7 Å². The summed E-state index contributed by atoms with van der Waals surface area (Å²) in [7, 11) is 0. The molecule has 0 bridgehead atoms. The Morgan fingerprint density at radius 2 is 2.27 bits per heavy atom. The molecule has 7 heteroatoms. The second-order valence-electron chi connectivity index (χ2n) is 5.58. The number of likely N-dealkylation sites (tertiary alicyclic amines) is 1. The largest absolute Gasteiger partial charge is 0.476 e. The van der Waals surface area contributed by atoms with Crippen LogP contribution < -0.4 is 4.74 Å². The van der Waals surface area contributed by atoms with E-state index in [1.54, 1.807) is 18.5 Å². The Morgan fingerprint density at radius 1 is 1.32 bits per heavy atom. The first-order valence-electron chi connectivity index (χ1n) is 7.61. The Balaban J connectivity index is 1.45. The van der Waals surface area contributed by atoms with E-state index in [2.05, 4.69) is 20.2 Å². The van der Waals surface area contributed by atoms with Gasteiger partial charge in [0.25, 0.3) is 0 Å².